The Morgan fingerprint density at radius 1 is 1.00 bits per heavy atom. The van der Waals surface area contributed by atoms with Crippen molar-refractivity contribution in [3.63, 3.8) is 0 Å². The molecule has 2 aromatic rings. The Labute approximate surface area is 120 Å². The van der Waals surface area contributed by atoms with E-state index in [0.29, 0.717) is 17.7 Å². The van der Waals surface area contributed by atoms with Crippen LogP contribution in [0.2, 0.25) is 0 Å². The minimum Gasteiger partial charge on any atom is -0.508 e. The van der Waals surface area contributed by atoms with Gasteiger partial charge in [-0.05, 0) is 48.9 Å². The van der Waals surface area contributed by atoms with Crippen LogP contribution in [0, 0.1) is 6.92 Å². The Bertz CT molecular complexity index is 550. The van der Waals surface area contributed by atoms with Gasteiger partial charge in [0.05, 0.1) is 0 Å². The van der Waals surface area contributed by atoms with Crippen molar-refractivity contribution in [3.8, 4) is 5.75 Å². The van der Waals surface area contributed by atoms with Crippen molar-refractivity contribution < 1.29 is 5.11 Å². The fourth-order valence-corrected chi connectivity index (χ4v) is 2.77. The number of rotatable bonds is 4. The summed E-state index contributed by atoms with van der Waals surface area (Å²) < 4.78 is 0. The highest BCUT2D eigenvalue weighted by Crippen LogP contribution is 2.37. The van der Waals surface area contributed by atoms with Crippen LogP contribution in [0.5, 0.6) is 5.75 Å². The van der Waals surface area contributed by atoms with Crippen molar-refractivity contribution in [1.82, 2.24) is 5.32 Å². The molecule has 0 bridgehead atoms. The molecular formula is C18H21NO. The summed E-state index contributed by atoms with van der Waals surface area (Å²) in [7, 11) is 0. The molecule has 1 fully saturated rings. The monoisotopic (exact) mass is 267 g/mol. The number of nitrogens with one attached hydrogen (secondary N) is 1. The van der Waals surface area contributed by atoms with Crippen molar-refractivity contribution in [2.75, 3.05) is 0 Å². The van der Waals surface area contributed by atoms with E-state index < -0.39 is 0 Å². The van der Waals surface area contributed by atoms with Gasteiger partial charge in [-0.1, -0.05) is 42.0 Å². The highest BCUT2D eigenvalue weighted by Gasteiger charge is 2.29. The molecular weight excluding hydrogens is 246 g/mol. The average molecular weight is 267 g/mol. The Morgan fingerprint density at radius 2 is 1.65 bits per heavy atom. The molecule has 2 aromatic carbocycles. The Hall–Kier alpha value is -1.80. The van der Waals surface area contributed by atoms with Crippen molar-refractivity contribution in [1.29, 1.82) is 0 Å². The van der Waals surface area contributed by atoms with Crippen LogP contribution in [0.15, 0.2) is 48.5 Å². The van der Waals surface area contributed by atoms with Gasteiger partial charge in [-0.25, -0.2) is 0 Å². The fourth-order valence-electron chi connectivity index (χ4n) is 2.77. The summed E-state index contributed by atoms with van der Waals surface area (Å²) in [6.07, 6.45) is 2.45. The van der Waals surface area contributed by atoms with Crippen LogP contribution in [0.1, 0.15) is 35.4 Å². The van der Waals surface area contributed by atoms with Gasteiger partial charge in [0, 0.05) is 12.6 Å². The Balaban J connectivity index is 1.46. The Morgan fingerprint density at radius 3 is 2.30 bits per heavy atom. The second-order valence-electron chi connectivity index (χ2n) is 5.82. The van der Waals surface area contributed by atoms with E-state index in [1.807, 2.05) is 12.1 Å². The summed E-state index contributed by atoms with van der Waals surface area (Å²) in [5.74, 6) is 1.05. The predicted molar refractivity (Wildman–Crippen MR) is 81.9 cm³/mol. The number of benzene rings is 2. The quantitative estimate of drug-likeness (QED) is 0.884. The first-order chi connectivity index (χ1) is 9.70. The Kier molecular flexibility index (Phi) is 3.75. The average Bonchev–Trinajstić information content (AvgIpc) is 2.41. The van der Waals surface area contributed by atoms with Crippen molar-refractivity contribution in [2.24, 2.45) is 0 Å². The normalized spacial score (nSPS) is 21.4. The van der Waals surface area contributed by atoms with E-state index in [-0.39, 0.29) is 0 Å². The SMILES string of the molecule is Cc1ccc(C2CC(NCc3ccc(O)cc3)C2)cc1. The van der Waals surface area contributed by atoms with Gasteiger partial charge in [0.1, 0.15) is 5.75 Å². The third-order valence-electron chi connectivity index (χ3n) is 4.22. The lowest BCUT2D eigenvalue weighted by Crippen LogP contribution is -2.39. The zero-order valence-corrected chi connectivity index (χ0v) is 11.8. The van der Waals surface area contributed by atoms with Crippen LogP contribution < -0.4 is 5.32 Å². The number of phenols is 1. The van der Waals surface area contributed by atoms with Crippen LogP contribution >= 0.6 is 0 Å². The lowest BCUT2D eigenvalue weighted by Gasteiger charge is -2.36. The first kappa shape index (κ1) is 13.2. The third kappa shape index (κ3) is 3.02. The van der Waals surface area contributed by atoms with Gasteiger partial charge in [-0.15, -0.1) is 0 Å². The number of aryl methyl sites for hydroxylation is 1. The second kappa shape index (κ2) is 5.68. The van der Waals surface area contributed by atoms with Gasteiger partial charge in [-0.3, -0.25) is 0 Å². The van der Waals surface area contributed by atoms with Gasteiger partial charge < -0.3 is 10.4 Å². The zero-order chi connectivity index (χ0) is 13.9. The molecule has 0 unspecified atom stereocenters. The highest BCUT2D eigenvalue weighted by molar-refractivity contribution is 5.28. The third-order valence-corrected chi connectivity index (χ3v) is 4.22. The molecule has 1 aliphatic carbocycles. The molecule has 3 rings (SSSR count). The summed E-state index contributed by atoms with van der Waals surface area (Å²) in [6.45, 7) is 3.01. The molecule has 2 nitrogen and oxygen atoms in total. The first-order valence-corrected chi connectivity index (χ1v) is 7.28. The molecule has 0 heterocycles. The molecule has 0 spiro atoms. The molecule has 2 N–H and O–H groups in total. The van der Waals surface area contributed by atoms with Crippen LogP contribution in [0.4, 0.5) is 0 Å². The van der Waals surface area contributed by atoms with Crippen molar-refractivity contribution >= 4 is 0 Å². The van der Waals surface area contributed by atoms with E-state index in [1.54, 1.807) is 12.1 Å². The molecule has 104 valence electrons. The number of hydrogen-bond acceptors (Lipinski definition) is 2. The van der Waals surface area contributed by atoms with E-state index in [2.05, 4.69) is 36.5 Å². The van der Waals surface area contributed by atoms with E-state index in [9.17, 15) is 5.11 Å². The molecule has 0 aromatic heterocycles. The minimum atomic E-state index is 0.330. The van der Waals surface area contributed by atoms with Crippen LogP contribution in [-0.2, 0) is 6.54 Å². The second-order valence-corrected chi connectivity index (χ2v) is 5.82. The molecule has 0 amide bonds. The van der Waals surface area contributed by atoms with E-state index in [0.717, 1.165) is 6.54 Å². The fraction of sp³-hybridized carbons (Fsp3) is 0.333. The largest absolute Gasteiger partial charge is 0.508 e. The minimum absolute atomic E-state index is 0.330. The van der Waals surface area contributed by atoms with Crippen LogP contribution in [-0.4, -0.2) is 11.1 Å². The maximum atomic E-state index is 9.25. The standard InChI is InChI=1S/C18H21NO/c1-13-2-6-15(7-3-13)16-10-17(11-16)19-12-14-4-8-18(20)9-5-14/h2-9,16-17,19-20H,10-12H2,1H3. The molecule has 2 heteroatoms. The molecule has 1 saturated carbocycles. The van der Waals surface area contributed by atoms with Crippen molar-refractivity contribution in [3.05, 3.63) is 65.2 Å². The number of phenolic OH excluding ortho intramolecular Hbond substituents is 1. The molecule has 0 aliphatic heterocycles. The molecule has 1 aliphatic rings. The number of hydrogen-bond donors (Lipinski definition) is 2. The molecule has 0 saturated heterocycles. The molecule has 20 heavy (non-hydrogen) atoms. The summed E-state index contributed by atoms with van der Waals surface area (Å²) in [6, 6.07) is 17.0. The molecule has 0 atom stereocenters. The van der Waals surface area contributed by atoms with Crippen LogP contribution in [0.3, 0.4) is 0 Å². The maximum Gasteiger partial charge on any atom is 0.115 e. The predicted octanol–water partition coefficient (Wildman–Crippen LogP) is 3.74. The summed E-state index contributed by atoms with van der Waals surface area (Å²) in [5.41, 5.74) is 4.02. The van der Waals surface area contributed by atoms with Crippen molar-refractivity contribution in [2.45, 2.75) is 38.3 Å². The lowest BCUT2D eigenvalue weighted by molar-refractivity contribution is 0.289. The molecule has 0 radical (unpaired) electrons. The van der Waals surface area contributed by atoms with E-state index >= 15 is 0 Å². The smallest absolute Gasteiger partial charge is 0.115 e. The summed E-state index contributed by atoms with van der Waals surface area (Å²) >= 11 is 0. The van der Waals surface area contributed by atoms with Gasteiger partial charge >= 0.3 is 0 Å². The first-order valence-electron chi connectivity index (χ1n) is 7.28. The highest BCUT2D eigenvalue weighted by atomic mass is 16.3. The van der Waals surface area contributed by atoms with E-state index in [4.69, 9.17) is 0 Å². The van der Waals surface area contributed by atoms with Gasteiger partial charge in [0.25, 0.3) is 0 Å². The summed E-state index contributed by atoms with van der Waals surface area (Å²) in [4.78, 5) is 0. The zero-order valence-electron chi connectivity index (χ0n) is 11.8. The van der Waals surface area contributed by atoms with Gasteiger partial charge in [-0.2, -0.15) is 0 Å². The van der Waals surface area contributed by atoms with Gasteiger partial charge in [0.2, 0.25) is 0 Å². The topological polar surface area (TPSA) is 32.3 Å². The number of aromatic hydroxyl groups is 1. The lowest BCUT2D eigenvalue weighted by atomic mass is 9.75. The van der Waals surface area contributed by atoms with E-state index in [1.165, 1.54) is 29.5 Å². The van der Waals surface area contributed by atoms with Crippen LogP contribution in [0.25, 0.3) is 0 Å². The summed E-state index contributed by atoms with van der Waals surface area (Å²) in [5, 5.41) is 12.8. The maximum absolute atomic E-state index is 9.25. The van der Waals surface area contributed by atoms with Gasteiger partial charge in [0.15, 0.2) is 0 Å².